The van der Waals surface area contributed by atoms with Crippen LogP contribution in [0.1, 0.15) is 20.3 Å². The van der Waals surface area contributed by atoms with Crippen molar-refractivity contribution in [3.63, 3.8) is 0 Å². The van der Waals surface area contributed by atoms with E-state index in [2.05, 4.69) is 19.2 Å². The van der Waals surface area contributed by atoms with Crippen molar-refractivity contribution in [2.75, 3.05) is 19.0 Å². The first-order valence-corrected chi connectivity index (χ1v) is 6.16. The summed E-state index contributed by atoms with van der Waals surface area (Å²) in [6.45, 7) is 5.81. The smallest absolute Gasteiger partial charge is 0.119 e. The molecule has 0 bridgehead atoms. The van der Waals surface area contributed by atoms with Gasteiger partial charge >= 0.3 is 0 Å². The minimum absolute atomic E-state index is 0.0851. The molecule has 0 heterocycles. The molecule has 0 fully saturated rings. The second-order valence-electron chi connectivity index (χ2n) is 4.41. The standard InChI is InChI=1S/C13H20ClNO/c1-13(2,8-9-14)15-10-11-16-12-6-4-3-5-7-12/h3-7,15H,8-11H2,1-2H3. The highest BCUT2D eigenvalue weighted by Crippen LogP contribution is 2.10. The molecule has 1 aromatic carbocycles. The van der Waals surface area contributed by atoms with Crippen LogP contribution < -0.4 is 10.1 Å². The lowest BCUT2D eigenvalue weighted by Gasteiger charge is -2.25. The molecule has 16 heavy (non-hydrogen) atoms. The number of nitrogens with one attached hydrogen (secondary N) is 1. The third-order valence-corrected chi connectivity index (χ3v) is 2.63. The van der Waals surface area contributed by atoms with Gasteiger partial charge in [-0.25, -0.2) is 0 Å². The average Bonchev–Trinajstić information content (AvgIpc) is 2.26. The van der Waals surface area contributed by atoms with Gasteiger partial charge in [0.1, 0.15) is 12.4 Å². The Kier molecular flexibility index (Phi) is 5.64. The van der Waals surface area contributed by atoms with Crippen LogP contribution in [0.3, 0.4) is 0 Å². The Labute approximate surface area is 103 Å². The summed E-state index contributed by atoms with van der Waals surface area (Å²) in [5, 5.41) is 3.42. The Bertz CT molecular complexity index is 287. The van der Waals surface area contributed by atoms with Crippen molar-refractivity contribution >= 4 is 11.6 Å². The van der Waals surface area contributed by atoms with Gasteiger partial charge in [-0.2, -0.15) is 0 Å². The van der Waals surface area contributed by atoms with Gasteiger partial charge in [0.2, 0.25) is 0 Å². The zero-order valence-corrected chi connectivity index (χ0v) is 10.8. The van der Waals surface area contributed by atoms with E-state index < -0.39 is 0 Å². The number of alkyl halides is 1. The van der Waals surface area contributed by atoms with Crippen LogP contribution in [0.4, 0.5) is 0 Å². The molecule has 0 spiro atoms. The fraction of sp³-hybridized carbons (Fsp3) is 0.538. The van der Waals surface area contributed by atoms with E-state index >= 15 is 0 Å². The van der Waals surface area contributed by atoms with Crippen LogP contribution in [0, 0.1) is 0 Å². The molecule has 0 aliphatic heterocycles. The van der Waals surface area contributed by atoms with Crippen molar-refractivity contribution in [2.45, 2.75) is 25.8 Å². The Balaban J connectivity index is 2.17. The molecule has 0 saturated carbocycles. The summed E-state index contributed by atoms with van der Waals surface area (Å²) in [4.78, 5) is 0. The molecular weight excluding hydrogens is 222 g/mol. The summed E-state index contributed by atoms with van der Waals surface area (Å²) in [5.41, 5.74) is 0.0851. The largest absolute Gasteiger partial charge is 0.492 e. The van der Waals surface area contributed by atoms with E-state index in [9.17, 15) is 0 Å². The number of rotatable bonds is 7. The lowest BCUT2D eigenvalue weighted by Crippen LogP contribution is -2.41. The fourth-order valence-electron chi connectivity index (χ4n) is 1.40. The number of hydrogen-bond donors (Lipinski definition) is 1. The fourth-order valence-corrected chi connectivity index (χ4v) is 1.87. The Hall–Kier alpha value is -0.730. The van der Waals surface area contributed by atoms with Crippen LogP contribution in [0.25, 0.3) is 0 Å². The van der Waals surface area contributed by atoms with Gasteiger partial charge < -0.3 is 10.1 Å². The van der Waals surface area contributed by atoms with Crippen LogP contribution in [-0.4, -0.2) is 24.6 Å². The van der Waals surface area contributed by atoms with Gasteiger partial charge in [0.05, 0.1) is 0 Å². The molecule has 0 saturated heterocycles. The van der Waals surface area contributed by atoms with Crippen LogP contribution in [0.5, 0.6) is 5.75 Å². The normalized spacial score (nSPS) is 11.4. The zero-order valence-electron chi connectivity index (χ0n) is 10.0. The number of ether oxygens (including phenoxy) is 1. The first-order chi connectivity index (χ1) is 7.64. The summed E-state index contributed by atoms with van der Waals surface area (Å²) in [6, 6.07) is 9.85. The molecule has 2 nitrogen and oxygen atoms in total. The van der Waals surface area contributed by atoms with E-state index in [0.29, 0.717) is 12.5 Å². The molecule has 0 unspecified atom stereocenters. The molecule has 3 heteroatoms. The van der Waals surface area contributed by atoms with Gasteiger partial charge in [-0.05, 0) is 32.4 Å². The van der Waals surface area contributed by atoms with Crippen molar-refractivity contribution < 1.29 is 4.74 Å². The third kappa shape index (κ3) is 5.38. The second-order valence-corrected chi connectivity index (χ2v) is 4.79. The molecule has 0 aliphatic rings. The van der Waals surface area contributed by atoms with E-state index in [4.69, 9.17) is 16.3 Å². The van der Waals surface area contributed by atoms with E-state index in [1.807, 2.05) is 30.3 Å². The first-order valence-electron chi connectivity index (χ1n) is 5.63. The monoisotopic (exact) mass is 241 g/mol. The van der Waals surface area contributed by atoms with Crippen molar-refractivity contribution in [2.24, 2.45) is 0 Å². The van der Waals surface area contributed by atoms with Gasteiger partial charge in [0.15, 0.2) is 0 Å². The number of para-hydroxylation sites is 1. The molecule has 1 aromatic rings. The molecule has 1 N–H and O–H groups in total. The highest BCUT2D eigenvalue weighted by Gasteiger charge is 2.14. The Morgan fingerprint density at radius 3 is 2.56 bits per heavy atom. The van der Waals surface area contributed by atoms with Crippen molar-refractivity contribution in [3.8, 4) is 5.75 Å². The molecule has 90 valence electrons. The van der Waals surface area contributed by atoms with Crippen LogP contribution in [0.15, 0.2) is 30.3 Å². The summed E-state index contributed by atoms with van der Waals surface area (Å²) in [6.07, 6.45) is 0.958. The van der Waals surface area contributed by atoms with E-state index in [0.717, 1.165) is 18.7 Å². The predicted octanol–water partition coefficient (Wildman–Crippen LogP) is 3.06. The summed E-state index contributed by atoms with van der Waals surface area (Å²) >= 11 is 5.72. The van der Waals surface area contributed by atoms with Crippen molar-refractivity contribution in [1.29, 1.82) is 0 Å². The Morgan fingerprint density at radius 2 is 1.94 bits per heavy atom. The van der Waals surface area contributed by atoms with Gasteiger partial charge in [-0.1, -0.05) is 18.2 Å². The molecule has 0 radical (unpaired) electrons. The lowest BCUT2D eigenvalue weighted by atomic mass is 10.0. The quantitative estimate of drug-likeness (QED) is 0.585. The molecule has 0 aliphatic carbocycles. The number of hydrogen-bond acceptors (Lipinski definition) is 2. The van der Waals surface area contributed by atoms with E-state index in [-0.39, 0.29) is 5.54 Å². The van der Waals surface area contributed by atoms with Crippen molar-refractivity contribution in [1.82, 2.24) is 5.32 Å². The van der Waals surface area contributed by atoms with E-state index in [1.54, 1.807) is 0 Å². The molecular formula is C13H20ClNO. The summed E-state index contributed by atoms with van der Waals surface area (Å²) in [7, 11) is 0. The number of benzene rings is 1. The maximum Gasteiger partial charge on any atom is 0.119 e. The SMILES string of the molecule is CC(C)(CCCl)NCCOc1ccccc1. The molecule has 0 atom stereocenters. The molecule has 1 rings (SSSR count). The van der Waals surface area contributed by atoms with Gasteiger partial charge in [-0.15, -0.1) is 11.6 Å². The zero-order chi connectivity index (χ0) is 11.9. The minimum Gasteiger partial charge on any atom is -0.492 e. The van der Waals surface area contributed by atoms with E-state index in [1.165, 1.54) is 0 Å². The topological polar surface area (TPSA) is 21.3 Å². The first kappa shape index (κ1) is 13.3. The van der Waals surface area contributed by atoms with Crippen molar-refractivity contribution in [3.05, 3.63) is 30.3 Å². The maximum atomic E-state index is 5.72. The average molecular weight is 242 g/mol. The summed E-state index contributed by atoms with van der Waals surface area (Å²) < 4.78 is 5.58. The molecule has 0 aromatic heterocycles. The van der Waals surface area contributed by atoms with Gasteiger partial charge in [0.25, 0.3) is 0 Å². The van der Waals surface area contributed by atoms with Crippen LogP contribution in [-0.2, 0) is 0 Å². The highest BCUT2D eigenvalue weighted by atomic mass is 35.5. The second kappa shape index (κ2) is 6.77. The third-order valence-electron chi connectivity index (χ3n) is 2.44. The van der Waals surface area contributed by atoms with Gasteiger partial charge in [0, 0.05) is 18.0 Å². The van der Waals surface area contributed by atoms with Crippen LogP contribution in [0.2, 0.25) is 0 Å². The lowest BCUT2D eigenvalue weighted by molar-refractivity contribution is 0.281. The predicted molar refractivity (Wildman–Crippen MR) is 69.4 cm³/mol. The maximum absolute atomic E-state index is 5.72. The molecule has 0 amide bonds. The summed E-state index contributed by atoms with van der Waals surface area (Å²) in [5.74, 6) is 1.60. The number of halogens is 1. The van der Waals surface area contributed by atoms with Gasteiger partial charge in [-0.3, -0.25) is 0 Å². The van der Waals surface area contributed by atoms with Crippen LogP contribution >= 0.6 is 11.6 Å². The Morgan fingerprint density at radius 1 is 1.25 bits per heavy atom. The minimum atomic E-state index is 0.0851. The highest BCUT2D eigenvalue weighted by molar-refractivity contribution is 6.17.